The number of rotatable bonds is 11. The van der Waals surface area contributed by atoms with Crippen LogP contribution >= 0.6 is 0 Å². The third-order valence-electron chi connectivity index (χ3n) is 5.55. The van der Waals surface area contributed by atoms with Crippen LogP contribution in [0.5, 0.6) is 5.75 Å². The zero-order chi connectivity index (χ0) is 22.8. The maximum atomic E-state index is 13.0. The van der Waals surface area contributed by atoms with E-state index < -0.39 is 6.16 Å². The number of carbonyl (C=O) groups excluding carboxylic acids is 1. The monoisotopic (exact) mass is 436 g/mol. The lowest BCUT2D eigenvalue weighted by Gasteiger charge is -2.09. The molecule has 3 rings (SSSR count). The highest BCUT2D eigenvalue weighted by Crippen LogP contribution is 2.26. The van der Waals surface area contributed by atoms with Gasteiger partial charge in [0.25, 0.3) is 0 Å². The summed E-state index contributed by atoms with van der Waals surface area (Å²) in [5, 5.41) is 0.478. The van der Waals surface area contributed by atoms with Crippen molar-refractivity contribution in [3.8, 4) is 16.9 Å². The maximum absolute atomic E-state index is 13.0. The van der Waals surface area contributed by atoms with E-state index in [0.29, 0.717) is 34.5 Å². The first kappa shape index (κ1) is 23.6. The van der Waals surface area contributed by atoms with Gasteiger partial charge < -0.3 is 13.9 Å². The Kier molecular flexibility index (Phi) is 8.90. The predicted molar refractivity (Wildman–Crippen MR) is 127 cm³/mol. The molecule has 5 nitrogen and oxygen atoms in total. The first-order valence-electron chi connectivity index (χ1n) is 11.6. The van der Waals surface area contributed by atoms with Crippen molar-refractivity contribution in [3.63, 3.8) is 0 Å². The van der Waals surface area contributed by atoms with E-state index in [2.05, 4.69) is 6.92 Å². The van der Waals surface area contributed by atoms with Gasteiger partial charge in [-0.15, -0.1) is 0 Å². The van der Waals surface area contributed by atoms with Crippen LogP contribution in [0.15, 0.2) is 57.9 Å². The summed E-state index contributed by atoms with van der Waals surface area (Å²) in [6.45, 7) is 4.36. The van der Waals surface area contributed by atoms with Gasteiger partial charge in [-0.25, -0.2) is 4.79 Å². The fourth-order valence-corrected chi connectivity index (χ4v) is 3.81. The number of hydrogen-bond donors (Lipinski definition) is 0. The number of hydrogen-bond acceptors (Lipinski definition) is 5. The maximum Gasteiger partial charge on any atom is 0.513 e. The number of fused-ring (bicyclic) bond motifs is 1. The number of benzene rings is 2. The van der Waals surface area contributed by atoms with Crippen molar-refractivity contribution in [2.24, 2.45) is 0 Å². The van der Waals surface area contributed by atoms with Gasteiger partial charge in [0.2, 0.25) is 5.43 Å². The van der Waals surface area contributed by atoms with E-state index in [1.807, 2.05) is 30.3 Å². The lowest BCUT2D eigenvalue weighted by molar-refractivity contribution is 0.0973. The van der Waals surface area contributed by atoms with Gasteiger partial charge in [0.05, 0.1) is 17.6 Å². The molecule has 0 aliphatic rings. The lowest BCUT2D eigenvalue weighted by Crippen LogP contribution is -2.12. The van der Waals surface area contributed by atoms with Crippen LogP contribution in [0.4, 0.5) is 4.79 Å². The summed E-state index contributed by atoms with van der Waals surface area (Å²) in [5.41, 5.74) is 2.24. The number of unbranched alkanes of at least 4 members (excludes halogenated alkanes) is 7. The summed E-state index contributed by atoms with van der Waals surface area (Å²) in [6.07, 6.45) is 10.1. The summed E-state index contributed by atoms with van der Waals surface area (Å²) in [7, 11) is 0. The normalized spacial score (nSPS) is 10.9. The SMILES string of the molecule is CCCCCCCCCCOC(=O)Oc1cc(C)c2c(=O)c(-c3ccccc3)coc2c1. The van der Waals surface area contributed by atoms with Crippen molar-refractivity contribution in [2.45, 2.75) is 65.2 Å². The zero-order valence-corrected chi connectivity index (χ0v) is 19.0. The van der Waals surface area contributed by atoms with Gasteiger partial charge in [0.1, 0.15) is 17.6 Å². The van der Waals surface area contributed by atoms with E-state index in [4.69, 9.17) is 13.9 Å². The molecule has 0 fully saturated rings. The fourth-order valence-electron chi connectivity index (χ4n) is 3.81. The third-order valence-corrected chi connectivity index (χ3v) is 5.55. The van der Waals surface area contributed by atoms with Crippen LogP contribution in [0.1, 0.15) is 63.9 Å². The van der Waals surface area contributed by atoms with Crippen molar-refractivity contribution >= 4 is 17.1 Å². The minimum atomic E-state index is -0.741. The molecule has 1 aromatic heterocycles. The van der Waals surface area contributed by atoms with Gasteiger partial charge in [0, 0.05) is 6.07 Å². The summed E-state index contributed by atoms with van der Waals surface area (Å²) in [6, 6.07) is 12.6. The average molecular weight is 437 g/mol. The average Bonchev–Trinajstić information content (AvgIpc) is 2.78. The molecule has 1 heterocycles. The van der Waals surface area contributed by atoms with Crippen LogP contribution in [-0.2, 0) is 4.74 Å². The summed E-state index contributed by atoms with van der Waals surface area (Å²) in [4.78, 5) is 25.0. The van der Waals surface area contributed by atoms with Gasteiger partial charge in [-0.2, -0.15) is 0 Å². The minimum Gasteiger partial charge on any atom is -0.463 e. The molecule has 0 N–H and O–H groups in total. The third kappa shape index (κ3) is 6.46. The molecule has 0 saturated carbocycles. The highest BCUT2D eigenvalue weighted by molar-refractivity contribution is 5.86. The van der Waals surface area contributed by atoms with Crippen LogP contribution in [0, 0.1) is 6.92 Å². The van der Waals surface area contributed by atoms with Crippen LogP contribution in [0.3, 0.4) is 0 Å². The molecule has 3 aromatic rings. The van der Waals surface area contributed by atoms with Crippen molar-refractivity contribution in [2.75, 3.05) is 6.61 Å². The zero-order valence-electron chi connectivity index (χ0n) is 19.0. The van der Waals surface area contributed by atoms with Gasteiger partial charge in [-0.1, -0.05) is 82.2 Å². The highest BCUT2D eigenvalue weighted by Gasteiger charge is 2.14. The van der Waals surface area contributed by atoms with E-state index >= 15 is 0 Å². The van der Waals surface area contributed by atoms with Crippen molar-refractivity contribution in [3.05, 3.63) is 64.5 Å². The predicted octanol–water partition coefficient (Wildman–Crippen LogP) is 7.42. The van der Waals surface area contributed by atoms with E-state index in [-0.39, 0.29) is 5.43 Å². The Labute approximate surface area is 189 Å². The smallest absolute Gasteiger partial charge is 0.463 e. The lowest BCUT2D eigenvalue weighted by atomic mass is 10.0. The number of aryl methyl sites for hydroxylation is 1. The van der Waals surface area contributed by atoms with Crippen LogP contribution in [0.2, 0.25) is 0 Å². The Morgan fingerprint density at radius 3 is 2.34 bits per heavy atom. The molecule has 170 valence electrons. The molecular weight excluding hydrogens is 404 g/mol. The van der Waals surface area contributed by atoms with Crippen molar-refractivity contribution in [1.82, 2.24) is 0 Å². The van der Waals surface area contributed by atoms with Crippen LogP contribution in [0.25, 0.3) is 22.1 Å². The fraction of sp³-hybridized carbons (Fsp3) is 0.407. The van der Waals surface area contributed by atoms with Crippen LogP contribution < -0.4 is 10.2 Å². The Morgan fingerprint density at radius 2 is 1.62 bits per heavy atom. The molecule has 0 saturated heterocycles. The molecule has 2 aromatic carbocycles. The standard InChI is InChI=1S/C27H32O5/c1-3-4-5-6-7-8-9-13-16-30-27(29)32-22-17-20(2)25-24(18-22)31-19-23(26(25)28)21-14-11-10-12-15-21/h10-12,14-15,17-19H,3-9,13,16H2,1-2H3. The largest absolute Gasteiger partial charge is 0.513 e. The second kappa shape index (κ2) is 12.1. The molecule has 0 amide bonds. The topological polar surface area (TPSA) is 65.7 Å². The van der Waals surface area contributed by atoms with Crippen molar-refractivity contribution < 1.29 is 18.7 Å². The first-order chi connectivity index (χ1) is 15.6. The molecule has 5 heteroatoms. The molecule has 0 atom stereocenters. The molecule has 0 spiro atoms. The van der Waals surface area contributed by atoms with E-state index in [0.717, 1.165) is 24.8 Å². The van der Waals surface area contributed by atoms with E-state index in [1.54, 1.807) is 19.1 Å². The molecule has 0 bridgehead atoms. The van der Waals surface area contributed by atoms with Crippen molar-refractivity contribution in [1.29, 1.82) is 0 Å². The second-order valence-electron chi connectivity index (χ2n) is 8.13. The Bertz CT molecular complexity index is 1070. The Balaban J connectivity index is 1.54. The van der Waals surface area contributed by atoms with Crippen LogP contribution in [-0.4, -0.2) is 12.8 Å². The first-order valence-corrected chi connectivity index (χ1v) is 11.6. The van der Waals surface area contributed by atoms with E-state index in [1.165, 1.54) is 38.4 Å². The molecule has 0 aliphatic heterocycles. The number of ether oxygens (including phenoxy) is 2. The summed E-state index contributed by atoms with van der Waals surface area (Å²) >= 11 is 0. The summed E-state index contributed by atoms with van der Waals surface area (Å²) < 4.78 is 16.2. The molecule has 0 radical (unpaired) electrons. The molecule has 32 heavy (non-hydrogen) atoms. The molecule has 0 aliphatic carbocycles. The highest BCUT2D eigenvalue weighted by atomic mass is 16.7. The van der Waals surface area contributed by atoms with E-state index in [9.17, 15) is 9.59 Å². The quantitative estimate of drug-likeness (QED) is 0.178. The summed E-state index contributed by atoms with van der Waals surface area (Å²) in [5.74, 6) is 0.298. The Hall–Kier alpha value is -3.08. The molecular formula is C27H32O5. The number of carbonyl (C=O) groups is 1. The molecule has 0 unspecified atom stereocenters. The van der Waals surface area contributed by atoms with Gasteiger partial charge in [0.15, 0.2) is 0 Å². The second-order valence-corrected chi connectivity index (χ2v) is 8.13. The van der Waals surface area contributed by atoms with Gasteiger partial charge in [-0.3, -0.25) is 4.79 Å². The van der Waals surface area contributed by atoms with Gasteiger partial charge in [-0.05, 0) is 30.5 Å². The minimum absolute atomic E-state index is 0.112. The Morgan fingerprint density at radius 1 is 0.938 bits per heavy atom. The van der Waals surface area contributed by atoms with Gasteiger partial charge >= 0.3 is 6.16 Å².